The van der Waals surface area contributed by atoms with E-state index >= 15 is 0 Å². The van der Waals surface area contributed by atoms with Gasteiger partial charge in [0, 0.05) is 6.07 Å². The Labute approximate surface area is 164 Å². The number of thioether (sulfide) groups is 1. The summed E-state index contributed by atoms with van der Waals surface area (Å²) in [7, 11) is 0. The highest BCUT2D eigenvalue weighted by molar-refractivity contribution is 8.00. The molecular weight excluding hydrogens is 378 g/mol. The maximum absolute atomic E-state index is 12.1. The fraction of sp³-hybridized carbons (Fsp3) is 0.222. The second-order valence-corrected chi connectivity index (χ2v) is 7.21. The van der Waals surface area contributed by atoms with Gasteiger partial charge in [0.2, 0.25) is 5.91 Å². The average Bonchev–Trinajstić information content (AvgIpc) is 3.28. The van der Waals surface area contributed by atoms with Gasteiger partial charge in [-0.25, -0.2) is 14.6 Å². The van der Waals surface area contributed by atoms with E-state index < -0.39 is 0 Å². The van der Waals surface area contributed by atoms with E-state index in [1.54, 1.807) is 17.7 Å². The number of aromatic nitrogens is 6. The van der Waals surface area contributed by atoms with Crippen LogP contribution < -0.4 is 5.32 Å². The van der Waals surface area contributed by atoms with E-state index in [1.165, 1.54) is 23.7 Å². The van der Waals surface area contributed by atoms with Gasteiger partial charge in [-0.1, -0.05) is 52.0 Å². The number of amides is 1. The van der Waals surface area contributed by atoms with Crippen LogP contribution in [0.1, 0.15) is 16.9 Å². The quantitative estimate of drug-likeness (QED) is 0.392. The molecule has 0 radical (unpaired) electrons. The molecule has 1 N–H and O–H groups in total. The van der Waals surface area contributed by atoms with E-state index in [2.05, 4.69) is 55.0 Å². The van der Waals surface area contributed by atoms with Crippen LogP contribution in [0.15, 0.2) is 46.2 Å². The zero-order valence-electron chi connectivity index (χ0n) is 15.3. The van der Waals surface area contributed by atoms with Gasteiger partial charge in [0.15, 0.2) is 17.0 Å². The van der Waals surface area contributed by atoms with Crippen molar-refractivity contribution in [1.82, 2.24) is 30.1 Å². The van der Waals surface area contributed by atoms with Crippen LogP contribution in [0, 0.1) is 13.8 Å². The van der Waals surface area contributed by atoms with Crippen molar-refractivity contribution in [2.45, 2.75) is 25.4 Å². The lowest BCUT2D eigenvalue weighted by Gasteiger charge is -2.04. The largest absolute Gasteiger partial charge is 0.360 e. The monoisotopic (exact) mass is 395 g/mol. The first-order chi connectivity index (χ1) is 13.6. The Morgan fingerprint density at radius 1 is 1.21 bits per heavy atom. The zero-order valence-corrected chi connectivity index (χ0v) is 16.1. The van der Waals surface area contributed by atoms with E-state index in [1.807, 2.05) is 6.92 Å². The minimum atomic E-state index is -0.211. The normalized spacial score (nSPS) is 11.1. The van der Waals surface area contributed by atoms with Crippen molar-refractivity contribution in [1.29, 1.82) is 0 Å². The Kier molecular flexibility index (Phi) is 5.02. The summed E-state index contributed by atoms with van der Waals surface area (Å²) < 4.78 is 6.66. The summed E-state index contributed by atoms with van der Waals surface area (Å²) in [5.74, 6) is 0.964. The lowest BCUT2D eigenvalue weighted by Crippen LogP contribution is -2.14. The Balaban J connectivity index is 1.46. The fourth-order valence-electron chi connectivity index (χ4n) is 2.59. The van der Waals surface area contributed by atoms with E-state index in [0.717, 1.165) is 5.56 Å². The van der Waals surface area contributed by atoms with Crippen molar-refractivity contribution in [3.05, 3.63) is 53.5 Å². The molecule has 4 rings (SSSR count). The van der Waals surface area contributed by atoms with Crippen LogP contribution in [0.4, 0.5) is 5.82 Å². The van der Waals surface area contributed by atoms with Gasteiger partial charge in [-0.05, 0) is 19.4 Å². The van der Waals surface area contributed by atoms with Gasteiger partial charge in [0.05, 0.1) is 12.3 Å². The summed E-state index contributed by atoms with van der Waals surface area (Å²) in [6.45, 7) is 4.37. The van der Waals surface area contributed by atoms with E-state index in [-0.39, 0.29) is 11.7 Å². The molecule has 3 aromatic heterocycles. The van der Waals surface area contributed by atoms with Gasteiger partial charge in [-0.3, -0.25) is 4.79 Å². The molecule has 0 aliphatic carbocycles. The molecule has 142 valence electrons. The molecule has 0 aliphatic rings. The van der Waals surface area contributed by atoms with Crippen molar-refractivity contribution in [2.24, 2.45) is 0 Å². The van der Waals surface area contributed by atoms with Crippen LogP contribution in [0.3, 0.4) is 0 Å². The molecule has 0 atom stereocenters. The SMILES string of the molecule is Cc1ccc(Cn2nnc3c(SCC(=O)Nc4cc(C)on4)ncnc32)cc1. The van der Waals surface area contributed by atoms with Crippen molar-refractivity contribution < 1.29 is 9.32 Å². The van der Waals surface area contributed by atoms with Gasteiger partial charge in [-0.15, -0.1) is 5.10 Å². The first kappa shape index (κ1) is 18.1. The summed E-state index contributed by atoms with van der Waals surface area (Å²) >= 11 is 1.27. The van der Waals surface area contributed by atoms with Crippen LogP contribution in [-0.2, 0) is 11.3 Å². The number of anilines is 1. The number of carbonyl (C=O) groups is 1. The maximum atomic E-state index is 12.1. The lowest BCUT2D eigenvalue weighted by molar-refractivity contribution is -0.113. The minimum absolute atomic E-state index is 0.156. The topological polar surface area (TPSA) is 112 Å². The maximum Gasteiger partial charge on any atom is 0.236 e. The molecule has 0 saturated heterocycles. The molecule has 0 bridgehead atoms. The number of hydrogen-bond acceptors (Lipinski definition) is 8. The highest BCUT2D eigenvalue weighted by Gasteiger charge is 2.14. The number of rotatable bonds is 6. The fourth-order valence-corrected chi connectivity index (χ4v) is 3.32. The molecular formula is C18H17N7O2S. The molecule has 4 aromatic rings. The Morgan fingerprint density at radius 3 is 2.79 bits per heavy atom. The van der Waals surface area contributed by atoms with Crippen molar-refractivity contribution in [3.8, 4) is 0 Å². The number of aryl methyl sites for hydroxylation is 2. The first-order valence-corrected chi connectivity index (χ1v) is 9.53. The Bertz CT molecular complexity index is 1120. The molecule has 0 saturated carbocycles. The zero-order chi connectivity index (χ0) is 19.5. The number of nitrogens with one attached hydrogen (secondary N) is 1. The third-order valence-corrected chi connectivity index (χ3v) is 4.93. The summed E-state index contributed by atoms with van der Waals surface area (Å²) in [5, 5.41) is 15.4. The third kappa shape index (κ3) is 4.01. The number of carbonyl (C=O) groups excluding carboxylic acids is 1. The average molecular weight is 395 g/mol. The van der Waals surface area contributed by atoms with E-state index in [9.17, 15) is 4.79 Å². The molecule has 0 unspecified atom stereocenters. The minimum Gasteiger partial charge on any atom is -0.360 e. The molecule has 1 amide bonds. The van der Waals surface area contributed by atoms with Gasteiger partial charge >= 0.3 is 0 Å². The molecule has 10 heteroatoms. The third-order valence-electron chi connectivity index (χ3n) is 3.95. The van der Waals surface area contributed by atoms with Crippen LogP contribution in [0.2, 0.25) is 0 Å². The van der Waals surface area contributed by atoms with Gasteiger partial charge in [0.25, 0.3) is 0 Å². The van der Waals surface area contributed by atoms with Crippen LogP contribution in [-0.4, -0.2) is 41.8 Å². The second-order valence-electron chi connectivity index (χ2n) is 6.24. The standard InChI is InChI=1S/C18H17N7O2S/c1-11-3-5-13(6-4-11)8-25-17-16(22-24-25)18(20-10-19-17)28-9-15(26)21-14-7-12(2)27-23-14/h3-7,10H,8-9H2,1-2H3,(H,21,23,26). The predicted octanol–water partition coefficient (Wildman–Crippen LogP) is 2.61. The highest BCUT2D eigenvalue weighted by Crippen LogP contribution is 2.23. The number of benzene rings is 1. The van der Waals surface area contributed by atoms with Gasteiger partial charge < -0.3 is 9.84 Å². The summed E-state index contributed by atoms with van der Waals surface area (Å²) in [6.07, 6.45) is 1.46. The van der Waals surface area contributed by atoms with Gasteiger partial charge in [-0.2, -0.15) is 0 Å². The summed E-state index contributed by atoms with van der Waals surface area (Å²) in [4.78, 5) is 20.7. The molecule has 0 aliphatic heterocycles. The van der Waals surface area contributed by atoms with Crippen molar-refractivity contribution in [3.63, 3.8) is 0 Å². The number of nitrogens with zero attached hydrogens (tertiary/aromatic N) is 6. The molecule has 9 nitrogen and oxygen atoms in total. The Hall–Kier alpha value is -3.27. The van der Waals surface area contributed by atoms with Crippen LogP contribution in [0.25, 0.3) is 11.2 Å². The molecule has 28 heavy (non-hydrogen) atoms. The lowest BCUT2D eigenvalue weighted by atomic mass is 10.1. The first-order valence-electron chi connectivity index (χ1n) is 8.54. The predicted molar refractivity (Wildman–Crippen MR) is 104 cm³/mol. The van der Waals surface area contributed by atoms with Crippen molar-refractivity contribution >= 4 is 34.7 Å². The molecule has 3 heterocycles. The number of fused-ring (bicyclic) bond motifs is 1. The Morgan fingerprint density at radius 2 is 2.04 bits per heavy atom. The summed E-state index contributed by atoms with van der Waals surface area (Å²) in [6, 6.07) is 9.87. The molecule has 0 fully saturated rings. The van der Waals surface area contributed by atoms with Gasteiger partial charge in [0.1, 0.15) is 17.1 Å². The molecule has 0 spiro atoms. The van der Waals surface area contributed by atoms with Crippen LogP contribution in [0.5, 0.6) is 0 Å². The second kappa shape index (κ2) is 7.77. The highest BCUT2D eigenvalue weighted by atomic mass is 32.2. The van der Waals surface area contributed by atoms with E-state index in [0.29, 0.717) is 34.3 Å². The van der Waals surface area contributed by atoms with Crippen molar-refractivity contribution in [2.75, 3.05) is 11.1 Å². The van der Waals surface area contributed by atoms with E-state index in [4.69, 9.17) is 4.52 Å². The number of hydrogen-bond donors (Lipinski definition) is 1. The van der Waals surface area contributed by atoms with Crippen LogP contribution >= 0.6 is 11.8 Å². The molecule has 1 aromatic carbocycles. The smallest absolute Gasteiger partial charge is 0.236 e. The summed E-state index contributed by atoms with van der Waals surface area (Å²) in [5.41, 5.74) is 3.51.